The van der Waals surface area contributed by atoms with Crippen LogP contribution in [-0.4, -0.2) is 16.5 Å². The Morgan fingerprint density at radius 1 is 1.33 bits per heavy atom. The third-order valence-electron chi connectivity index (χ3n) is 2.24. The van der Waals surface area contributed by atoms with Crippen molar-refractivity contribution >= 4 is 0 Å². The number of nitrogens with two attached hydrogens (primary N) is 1. The summed E-state index contributed by atoms with van der Waals surface area (Å²) >= 11 is 0. The van der Waals surface area contributed by atoms with Crippen molar-refractivity contribution in [1.82, 2.24) is 9.97 Å². The number of aryl methyl sites for hydroxylation is 1. The van der Waals surface area contributed by atoms with Gasteiger partial charge in [-0.1, -0.05) is 0 Å². The molecule has 2 heterocycles. The Morgan fingerprint density at radius 2 is 2.07 bits per heavy atom. The van der Waals surface area contributed by atoms with Gasteiger partial charge >= 0.3 is 0 Å². The lowest BCUT2D eigenvalue weighted by atomic mass is 10.1. The van der Waals surface area contributed by atoms with Gasteiger partial charge < -0.3 is 10.2 Å². The molecule has 0 saturated heterocycles. The third kappa shape index (κ3) is 2.05. The zero-order chi connectivity index (χ0) is 10.7. The Hall–Kier alpha value is -1.68. The second-order valence-corrected chi connectivity index (χ2v) is 3.34. The molecule has 0 aliphatic carbocycles. The number of hydrogen-bond donors (Lipinski definition) is 1. The van der Waals surface area contributed by atoms with Crippen molar-refractivity contribution in [1.29, 1.82) is 0 Å². The number of rotatable bonds is 3. The Balaban J connectivity index is 2.33. The summed E-state index contributed by atoms with van der Waals surface area (Å²) in [5.41, 5.74) is 5.71. The van der Waals surface area contributed by atoms with Gasteiger partial charge in [0.25, 0.3) is 0 Å². The molecule has 4 heteroatoms. The molecule has 0 aliphatic rings. The average Bonchev–Trinajstić information content (AvgIpc) is 2.68. The van der Waals surface area contributed by atoms with Crippen LogP contribution in [0.15, 0.2) is 35.0 Å². The number of aromatic nitrogens is 2. The van der Waals surface area contributed by atoms with E-state index in [9.17, 15) is 0 Å². The van der Waals surface area contributed by atoms with Crippen LogP contribution in [0.5, 0.6) is 0 Å². The van der Waals surface area contributed by atoms with Crippen molar-refractivity contribution in [2.45, 2.75) is 12.8 Å². The van der Waals surface area contributed by atoms with Gasteiger partial charge in [-0.2, -0.15) is 0 Å². The molecule has 2 aromatic heterocycles. The fourth-order valence-corrected chi connectivity index (χ4v) is 1.48. The van der Waals surface area contributed by atoms with Crippen LogP contribution in [0.25, 0.3) is 0 Å². The lowest BCUT2D eigenvalue weighted by molar-refractivity contribution is 0.458. The topological polar surface area (TPSA) is 64.9 Å². The molecule has 0 amide bonds. The maximum Gasteiger partial charge on any atom is 0.140 e. The van der Waals surface area contributed by atoms with Crippen molar-refractivity contribution in [3.8, 4) is 0 Å². The summed E-state index contributed by atoms with van der Waals surface area (Å²) in [6, 6.07) is 5.62. The van der Waals surface area contributed by atoms with E-state index in [1.54, 1.807) is 18.5 Å². The van der Waals surface area contributed by atoms with Crippen molar-refractivity contribution < 1.29 is 4.42 Å². The van der Waals surface area contributed by atoms with Crippen LogP contribution < -0.4 is 5.73 Å². The fraction of sp³-hybridized carbons (Fsp3) is 0.273. The smallest absolute Gasteiger partial charge is 0.140 e. The molecular weight excluding hydrogens is 190 g/mol. The van der Waals surface area contributed by atoms with Crippen LogP contribution in [-0.2, 0) is 0 Å². The number of hydrogen-bond acceptors (Lipinski definition) is 4. The molecule has 2 aromatic rings. The molecule has 2 rings (SSSR count). The lowest BCUT2D eigenvalue weighted by Gasteiger charge is -2.09. The first-order valence-corrected chi connectivity index (χ1v) is 4.84. The average molecular weight is 203 g/mol. The van der Waals surface area contributed by atoms with Gasteiger partial charge in [0, 0.05) is 18.9 Å². The van der Waals surface area contributed by atoms with Crippen molar-refractivity contribution in [2.75, 3.05) is 6.54 Å². The summed E-state index contributed by atoms with van der Waals surface area (Å²) < 4.78 is 5.53. The minimum atomic E-state index is -0.0556. The predicted molar refractivity (Wildman–Crippen MR) is 56.4 cm³/mol. The summed E-state index contributed by atoms with van der Waals surface area (Å²) in [4.78, 5) is 8.37. The Bertz CT molecular complexity index is 424. The minimum absolute atomic E-state index is 0.0556. The Morgan fingerprint density at radius 3 is 2.60 bits per heavy atom. The number of furan rings is 1. The third-order valence-corrected chi connectivity index (χ3v) is 2.24. The highest BCUT2D eigenvalue weighted by Gasteiger charge is 2.18. The maximum absolute atomic E-state index is 5.71. The van der Waals surface area contributed by atoms with Crippen LogP contribution in [0.4, 0.5) is 0 Å². The number of nitrogens with zero attached hydrogens (tertiary/aromatic N) is 2. The van der Waals surface area contributed by atoms with Crippen LogP contribution >= 0.6 is 0 Å². The molecule has 4 nitrogen and oxygen atoms in total. The van der Waals surface area contributed by atoms with Gasteiger partial charge in [-0.15, -0.1) is 0 Å². The van der Waals surface area contributed by atoms with Gasteiger partial charge in [-0.3, -0.25) is 0 Å². The van der Waals surface area contributed by atoms with E-state index in [4.69, 9.17) is 10.2 Å². The Kier molecular flexibility index (Phi) is 2.78. The highest BCUT2D eigenvalue weighted by molar-refractivity contribution is 5.18. The quantitative estimate of drug-likeness (QED) is 0.820. The van der Waals surface area contributed by atoms with E-state index in [1.165, 1.54) is 0 Å². The van der Waals surface area contributed by atoms with Gasteiger partial charge in [0.2, 0.25) is 0 Å². The van der Waals surface area contributed by atoms with Gasteiger partial charge in [0.15, 0.2) is 0 Å². The van der Waals surface area contributed by atoms with E-state index in [1.807, 2.05) is 19.1 Å². The molecule has 1 atom stereocenters. The molecule has 0 spiro atoms. The minimum Gasteiger partial charge on any atom is -0.466 e. The molecule has 2 N–H and O–H groups in total. The highest BCUT2D eigenvalue weighted by atomic mass is 16.3. The van der Waals surface area contributed by atoms with Gasteiger partial charge in [0.1, 0.15) is 17.3 Å². The molecule has 0 aliphatic heterocycles. The van der Waals surface area contributed by atoms with E-state index in [0.717, 1.165) is 11.5 Å². The van der Waals surface area contributed by atoms with E-state index < -0.39 is 0 Å². The van der Waals surface area contributed by atoms with E-state index in [-0.39, 0.29) is 5.92 Å². The molecule has 78 valence electrons. The SMILES string of the molecule is Cc1ccc(C(CN)c2ncccn2)o1. The largest absolute Gasteiger partial charge is 0.466 e. The zero-order valence-corrected chi connectivity index (χ0v) is 8.55. The first-order chi connectivity index (χ1) is 7.31. The molecule has 0 fully saturated rings. The molecule has 15 heavy (non-hydrogen) atoms. The molecule has 0 saturated carbocycles. The molecule has 0 bridgehead atoms. The molecule has 0 radical (unpaired) electrons. The Labute approximate surface area is 88.2 Å². The van der Waals surface area contributed by atoms with Crippen LogP contribution in [0.3, 0.4) is 0 Å². The standard InChI is InChI=1S/C11H13N3O/c1-8-3-4-10(15-8)9(7-12)11-13-5-2-6-14-11/h2-6,9H,7,12H2,1H3. The van der Waals surface area contributed by atoms with Crippen molar-refractivity contribution in [3.63, 3.8) is 0 Å². The van der Waals surface area contributed by atoms with Crippen LogP contribution in [0, 0.1) is 6.92 Å². The highest BCUT2D eigenvalue weighted by Crippen LogP contribution is 2.21. The van der Waals surface area contributed by atoms with E-state index in [2.05, 4.69) is 9.97 Å². The van der Waals surface area contributed by atoms with E-state index in [0.29, 0.717) is 12.4 Å². The van der Waals surface area contributed by atoms with Gasteiger partial charge in [-0.05, 0) is 25.1 Å². The summed E-state index contributed by atoms with van der Waals surface area (Å²) in [7, 11) is 0. The summed E-state index contributed by atoms with van der Waals surface area (Å²) in [5, 5.41) is 0. The van der Waals surface area contributed by atoms with Crippen LogP contribution in [0.2, 0.25) is 0 Å². The molecule has 0 aromatic carbocycles. The summed E-state index contributed by atoms with van der Waals surface area (Å²) in [6.07, 6.45) is 3.42. The van der Waals surface area contributed by atoms with Crippen molar-refractivity contribution in [3.05, 3.63) is 47.9 Å². The van der Waals surface area contributed by atoms with Crippen molar-refractivity contribution in [2.24, 2.45) is 5.73 Å². The molecular formula is C11H13N3O. The molecule has 1 unspecified atom stereocenters. The maximum atomic E-state index is 5.71. The monoisotopic (exact) mass is 203 g/mol. The first kappa shape index (κ1) is 9.86. The lowest BCUT2D eigenvalue weighted by Crippen LogP contribution is -2.15. The zero-order valence-electron chi connectivity index (χ0n) is 8.55. The van der Waals surface area contributed by atoms with Crippen LogP contribution in [0.1, 0.15) is 23.3 Å². The van der Waals surface area contributed by atoms with Gasteiger partial charge in [-0.25, -0.2) is 9.97 Å². The van der Waals surface area contributed by atoms with E-state index >= 15 is 0 Å². The first-order valence-electron chi connectivity index (χ1n) is 4.84. The summed E-state index contributed by atoms with van der Waals surface area (Å²) in [5.74, 6) is 2.34. The predicted octanol–water partition coefficient (Wildman–Crippen LogP) is 1.47. The second-order valence-electron chi connectivity index (χ2n) is 3.34. The van der Waals surface area contributed by atoms with Gasteiger partial charge in [0.05, 0.1) is 5.92 Å². The normalized spacial score (nSPS) is 12.7. The second kappa shape index (κ2) is 4.23. The summed E-state index contributed by atoms with van der Waals surface area (Å²) in [6.45, 7) is 2.35. The fourth-order valence-electron chi connectivity index (χ4n) is 1.48.